The Morgan fingerprint density at radius 1 is 1.16 bits per heavy atom. The predicted octanol–water partition coefficient (Wildman–Crippen LogP) is 3.16. The van der Waals surface area contributed by atoms with Crippen LogP contribution in [0.15, 0.2) is 36.4 Å². The fourth-order valence-electron chi connectivity index (χ4n) is 2.55. The van der Waals surface area contributed by atoms with E-state index >= 15 is 0 Å². The molecule has 0 radical (unpaired) electrons. The van der Waals surface area contributed by atoms with Gasteiger partial charge < -0.3 is 20.1 Å². The van der Waals surface area contributed by atoms with Gasteiger partial charge in [-0.3, -0.25) is 4.79 Å². The molecule has 0 spiro atoms. The molecular formula is C19H23N3O3. The first-order valence-electron chi connectivity index (χ1n) is 8.37. The van der Waals surface area contributed by atoms with Crippen molar-refractivity contribution in [2.45, 2.75) is 31.8 Å². The Balaban J connectivity index is 1.69. The Hall–Kier alpha value is -2.76. The van der Waals surface area contributed by atoms with Crippen LogP contribution in [0.4, 0.5) is 5.82 Å². The maximum Gasteiger partial charge on any atom is 0.270 e. The number of carbonyl (C=O) groups is 1. The summed E-state index contributed by atoms with van der Waals surface area (Å²) in [6.45, 7) is 1.92. The van der Waals surface area contributed by atoms with Crippen molar-refractivity contribution in [2.75, 3.05) is 19.5 Å². The summed E-state index contributed by atoms with van der Waals surface area (Å²) in [6.07, 6.45) is 2.32. The number of hydrogen-bond donors (Lipinski definition) is 2. The van der Waals surface area contributed by atoms with Crippen LogP contribution in [0, 0.1) is 0 Å². The van der Waals surface area contributed by atoms with Gasteiger partial charge in [0, 0.05) is 6.04 Å². The highest BCUT2D eigenvalue weighted by Crippen LogP contribution is 2.30. The van der Waals surface area contributed by atoms with Crippen molar-refractivity contribution < 1.29 is 14.3 Å². The number of benzene rings is 1. The van der Waals surface area contributed by atoms with E-state index < -0.39 is 0 Å². The summed E-state index contributed by atoms with van der Waals surface area (Å²) in [4.78, 5) is 16.9. The number of methoxy groups -OCH3 is 2. The molecule has 1 aliphatic carbocycles. The zero-order valence-corrected chi connectivity index (χ0v) is 14.7. The van der Waals surface area contributed by atoms with Gasteiger partial charge in [-0.1, -0.05) is 12.1 Å². The Morgan fingerprint density at radius 2 is 1.92 bits per heavy atom. The molecule has 1 amide bonds. The summed E-state index contributed by atoms with van der Waals surface area (Å²) in [6, 6.07) is 11.4. The van der Waals surface area contributed by atoms with Gasteiger partial charge in [0.2, 0.25) is 0 Å². The van der Waals surface area contributed by atoms with Gasteiger partial charge in [-0.2, -0.15) is 0 Å². The molecule has 0 aliphatic heterocycles. The molecule has 2 N–H and O–H groups in total. The number of hydrogen-bond acceptors (Lipinski definition) is 5. The molecule has 0 bridgehead atoms. The minimum Gasteiger partial charge on any atom is -0.493 e. The molecule has 6 nitrogen and oxygen atoms in total. The second-order valence-corrected chi connectivity index (χ2v) is 6.14. The average Bonchev–Trinajstić information content (AvgIpc) is 3.45. The molecule has 25 heavy (non-hydrogen) atoms. The maximum absolute atomic E-state index is 12.5. The lowest BCUT2D eigenvalue weighted by molar-refractivity contribution is 0.0935. The van der Waals surface area contributed by atoms with E-state index in [1.165, 1.54) is 0 Å². The first kappa shape index (κ1) is 17.1. The fraction of sp³-hybridized carbons (Fsp3) is 0.368. The van der Waals surface area contributed by atoms with Gasteiger partial charge >= 0.3 is 0 Å². The minimum absolute atomic E-state index is 0.186. The van der Waals surface area contributed by atoms with Crippen molar-refractivity contribution in [1.29, 1.82) is 0 Å². The van der Waals surface area contributed by atoms with E-state index in [2.05, 4.69) is 15.6 Å². The van der Waals surface area contributed by atoms with Gasteiger partial charge in [0.15, 0.2) is 11.5 Å². The zero-order valence-electron chi connectivity index (χ0n) is 14.7. The highest BCUT2D eigenvalue weighted by molar-refractivity contribution is 5.92. The normalized spacial score (nSPS) is 14.5. The van der Waals surface area contributed by atoms with Gasteiger partial charge in [0.05, 0.1) is 20.3 Å². The van der Waals surface area contributed by atoms with E-state index in [1.807, 2.05) is 37.3 Å². The summed E-state index contributed by atoms with van der Waals surface area (Å²) in [7, 11) is 3.18. The molecule has 1 aromatic heterocycles. The molecule has 6 heteroatoms. The summed E-state index contributed by atoms with van der Waals surface area (Å²) in [5, 5.41) is 6.27. The topological polar surface area (TPSA) is 72.5 Å². The number of aromatic nitrogens is 1. The number of anilines is 1. The van der Waals surface area contributed by atoms with Crippen LogP contribution in [-0.4, -0.2) is 31.2 Å². The number of carbonyl (C=O) groups excluding carboxylic acids is 1. The van der Waals surface area contributed by atoms with Gasteiger partial charge in [0.25, 0.3) is 5.91 Å². The predicted molar refractivity (Wildman–Crippen MR) is 96.3 cm³/mol. The molecule has 1 heterocycles. The van der Waals surface area contributed by atoms with Crippen molar-refractivity contribution in [3.63, 3.8) is 0 Å². The van der Waals surface area contributed by atoms with E-state index in [9.17, 15) is 4.79 Å². The van der Waals surface area contributed by atoms with Crippen molar-refractivity contribution in [3.8, 4) is 11.5 Å². The maximum atomic E-state index is 12.5. The van der Waals surface area contributed by atoms with Gasteiger partial charge in [-0.05, 0) is 49.6 Å². The summed E-state index contributed by atoms with van der Waals surface area (Å²) in [5.41, 5.74) is 1.33. The number of amides is 1. The third kappa shape index (κ3) is 4.21. The van der Waals surface area contributed by atoms with Gasteiger partial charge in [-0.25, -0.2) is 4.98 Å². The molecule has 1 unspecified atom stereocenters. The van der Waals surface area contributed by atoms with E-state index in [-0.39, 0.29) is 11.9 Å². The summed E-state index contributed by atoms with van der Waals surface area (Å²) >= 11 is 0. The Labute approximate surface area is 147 Å². The average molecular weight is 341 g/mol. The third-order valence-corrected chi connectivity index (χ3v) is 4.17. The second kappa shape index (κ2) is 7.42. The SMILES string of the molecule is COc1ccc(C(C)NC(=O)c2cccc(NC3CC3)n2)cc1OC. The first-order valence-corrected chi connectivity index (χ1v) is 8.37. The molecule has 0 saturated heterocycles. The molecule has 132 valence electrons. The largest absolute Gasteiger partial charge is 0.493 e. The van der Waals surface area contributed by atoms with Crippen molar-refractivity contribution in [2.24, 2.45) is 0 Å². The standard InChI is InChI=1S/C19H23N3O3/c1-12(13-7-10-16(24-2)17(11-13)25-3)20-19(23)15-5-4-6-18(22-15)21-14-8-9-14/h4-7,10-12,14H,8-9H2,1-3H3,(H,20,23)(H,21,22). The first-order chi connectivity index (χ1) is 12.1. The van der Waals surface area contributed by atoms with E-state index in [0.29, 0.717) is 23.2 Å². The van der Waals surface area contributed by atoms with Gasteiger partial charge in [-0.15, -0.1) is 0 Å². The van der Waals surface area contributed by atoms with E-state index in [1.54, 1.807) is 20.3 Å². The molecule has 1 aliphatic rings. The zero-order chi connectivity index (χ0) is 17.8. The van der Waals surface area contributed by atoms with Crippen LogP contribution in [0.2, 0.25) is 0 Å². The lowest BCUT2D eigenvalue weighted by Crippen LogP contribution is -2.27. The molecule has 1 atom stereocenters. The van der Waals surface area contributed by atoms with E-state index in [0.717, 1.165) is 24.2 Å². The van der Waals surface area contributed by atoms with Gasteiger partial charge in [0.1, 0.15) is 11.5 Å². The van der Waals surface area contributed by atoms with E-state index in [4.69, 9.17) is 9.47 Å². The highest BCUT2D eigenvalue weighted by Gasteiger charge is 2.22. The molecule has 1 saturated carbocycles. The van der Waals surface area contributed by atoms with Crippen LogP contribution in [-0.2, 0) is 0 Å². The Kier molecular flexibility index (Phi) is 5.07. The number of nitrogens with one attached hydrogen (secondary N) is 2. The lowest BCUT2D eigenvalue weighted by Gasteiger charge is -2.16. The quantitative estimate of drug-likeness (QED) is 0.809. The van der Waals surface area contributed by atoms with Crippen molar-refractivity contribution >= 4 is 11.7 Å². The number of pyridine rings is 1. The monoisotopic (exact) mass is 341 g/mol. The molecule has 2 aromatic rings. The number of ether oxygens (including phenoxy) is 2. The van der Waals surface area contributed by atoms with Crippen LogP contribution in [0.25, 0.3) is 0 Å². The van der Waals surface area contributed by atoms with Crippen molar-refractivity contribution in [1.82, 2.24) is 10.3 Å². The number of rotatable bonds is 7. The van der Waals surface area contributed by atoms with Crippen molar-refractivity contribution in [3.05, 3.63) is 47.7 Å². The van der Waals surface area contributed by atoms with Crippen LogP contribution in [0.3, 0.4) is 0 Å². The highest BCUT2D eigenvalue weighted by atomic mass is 16.5. The fourth-order valence-corrected chi connectivity index (χ4v) is 2.55. The van der Waals surface area contributed by atoms with Crippen LogP contribution < -0.4 is 20.1 Å². The summed E-state index contributed by atoms with van der Waals surface area (Å²) < 4.78 is 10.6. The van der Waals surface area contributed by atoms with Crippen LogP contribution >= 0.6 is 0 Å². The molecular weight excluding hydrogens is 318 g/mol. The minimum atomic E-state index is -0.207. The molecule has 3 rings (SSSR count). The number of nitrogens with zero attached hydrogens (tertiary/aromatic N) is 1. The lowest BCUT2D eigenvalue weighted by atomic mass is 10.1. The molecule has 1 aromatic carbocycles. The second-order valence-electron chi connectivity index (χ2n) is 6.14. The Morgan fingerprint density at radius 3 is 2.60 bits per heavy atom. The Bertz CT molecular complexity index is 759. The third-order valence-electron chi connectivity index (χ3n) is 4.17. The molecule has 1 fully saturated rings. The van der Waals surface area contributed by atoms with Crippen LogP contribution in [0.1, 0.15) is 41.9 Å². The summed E-state index contributed by atoms with van der Waals surface area (Å²) in [5.74, 6) is 1.83. The van der Waals surface area contributed by atoms with Crippen LogP contribution in [0.5, 0.6) is 11.5 Å². The smallest absolute Gasteiger partial charge is 0.270 e.